The first kappa shape index (κ1) is 16.2. The molecule has 2 aromatic rings. The zero-order valence-corrected chi connectivity index (χ0v) is 13.7. The molecule has 1 fully saturated rings. The summed E-state index contributed by atoms with van der Waals surface area (Å²) in [6.45, 7) is 2.46. The first-order valence-electron chi connectivity index (χ1n) is 8.13. The van der Waals surface area contributed by atoms with Crippen LogP contribution in [-0.2, 0) is 9.59 Å². The number of carbonyl (C=O) groups excluding carboxylic acids is 1. The van der Waals surface area contributed by atoms with Crippen LogP contribution in [0.3, 0.4) is 0 Å². The van der Waals surface area contributed by atoms with Crippen LogP contribution in [0.2, 0.25) is 0 Å². The quantitative estimate of drug-likeness (QED) is 0.940. The molecule has 1 saturated heterocycles. The van der Waals surface area contributed by atoms with Gasteiger partial charge in [-0.05, 0) is 24.5 Å². The van der Waals surface area contributed by atoms with Crippen molar-refractivity contribution in [3.8, 4) is 0 Å². The molecule has 0 spiro atoms. The van der Waals surface area contributed by atoms with Gasteiger partial charge in [0.05, 0.1) is 11.3 Å². The van der Waals surface area contributed by atoms with Gasteiger partial charge >= 0.3 is 5.97 Å². The Kier molecular flexibility index (Phi) is 4.38. The number of carbonyl (C=O) groups is 2. The minimum absolute atomic E-state index is 0.0302. The number of hydrogen-bond acceptors (Lipinski definition) is 2. The van der Waals surface area contributed by atoms with Crippen LogP contribution in [0, 0.1) is 5.41 Å². The highest BCUT2D eigenvalue weighted by atomic mass is 16.4. The van der Waals surface area contributed by atoms with Crippen molar-refractivity contribution in [2.75, 3.05) is 13.1 Å². The number of benzene rings is 2. The highest BCUT2D eigenvalue weighted by Gasteiger charge is 2.43. The predicted molar refractivity (Wildman–Crippen MR) is 91.7 cm³/mol. The van der Waals surface area contributed by atoms with Gasteiger partial charge in [0.15, 0.2) is 0 Å². The summed E-state index contributed by atoms with van der Waals surface area (Å²) >= 11 is 0. The lowest BCUT2D eigenvalue weighted by molar-refractivity contribution is -0.147. The highest BCUT2D eigenvalue weighted by molar-refractivity contribution is 5.88. The van der Waals surface area contributed by atoms with E-state index >= 15 is 0 Å². The first-order valence-corrected chi connectivity index (χ1v) is 8.13. The van der Waals surface area contributed by atoms with Gasteiger partial charge in [0.25, 0.3) is 0 Å². The van der Waals surface area contributed by atoms with Crippen molar-refractivity contribution in [1.29, 1.82) is 0 Å². The summed E-state index contributed by atoms with van der Waals surface area (Å²) in [6, 6.07) is 19.3. The maximum atomic E-state index is 13.2. The highest BCUT2D eigenvalue weighted by Crippen LogP contribution is 2.34. The van der Waals surface area contributed by atoms with E-state index in [1.54, 1.807) is 11.8 Å². The Morgan fingerprint density at radius 1 is 1.00 bits per heavy atom. The summed E-state index contributed by atoms with van der Waals surface area (Å²) in [5, 5.41) is 9.41. The molecule has 0 unspecified atom stereocenters. The lowest BCUT2D eigenvalue weighted by Gasteiger charge is -2.25. The Morgan fingerprint density at radius 2 is 1.50 bits per heavy atom. The van der Waals surface area contributed by atoms with Crippen LogP contribution in [0.25, 0.3) is 0 Å². The molecule has 1 heterocycles. The van der Waals surface area contributed by atoms with E-state index in [-0.39, 0.29) is 12.5 Å². The Morgan fingerprint density at radius 3 is 1.92 bits per heavy atom. The molecule has 1 N–H and O–H groups in total. The van der Waals surface area contributed by atoms with Crippen LogP contribution in [0.4, 0.5) is 0 Å². The Labute approximate surface area is 141 Å². The van der Waals surface area contributed by atoms with Crippen molar-refractivity contribution in [3.05, 3.63) is 71.8 Å². The van der Waals surface area contributed by atoms with Crippen molar-refractivity contribution in [3.63, 3.8) is 0 Å². The maximum Gasteiger partial charge on any atom is 0.311 e. The van der Waals surface area contributed by atoms with Gasteiger partial charge in [-0.3, -0.25) is 9.59 Å². The summed E-state index contributed by atoms with van der Waals surface area (Å²) in [4.78, 5) is 26.3. The normalized spacial score (nSPS) is 20.3. The number of rotatable bonds is 4. The van der Waals surface area contributed by atoms with Crippen molar-refractivity contribution in [2.45, 2.75) is 19.3 Å². The van der Waals surface area contributed by atoms with Crippen LogP contribution in [0.15, 0.2) is 60.7 Å². The topological polar surface area (TPSA) is 57.6 Å². The molecule has 1 atom stereocenters. The Bertz CT molecular complexity index is 690. The first-order chi connectivity index (χ1) is 11.5. The maximum absolute atomic E-state index is 13.2. The van der Waals surface area contributed by atoms with Crippen molar-refractivity contribution in [2.24, 2.45) is 5.41 Å². The van der Waals surface area contributed by atoms with Gasteiger partial charge < -0.3 is 10.0 Å². The second-order valence-corrected chi connectivity index (χ2v) is 6.63. The molecule has 2 aromatic carbocycles. The number of carboxylic acid groups (broad SMARTS) is 1. The molecule has 0 radical (unpaired) electrons. The summed E-state index contributed by atoms with van der Waals surface area (Å²) in [6.07, 6.45) is 0.490. The number of likely N-dealkylation sites (tertiary alicyclic amines) is 1. The molecule has 0 bridgehead atoms. The summed E-state index contributed by atoms with van der Waals surface area (Å²) in [7, 11) is 0. The van der Waals surface area contributed by atoms with Gasteiger partial charge in [0.1, 0.15) is 0 Å². The van der Waals surface area contributed by atoms with Crippen molar-refractivity contribution >= 4 is 11.9 Å². The molecule has 0 aliphatic carbocycles. The SMILES string of the molecule is C[C@@]1(C(=O)O)CCN(C(=O)C(c2ccccc2)c2ccccc2)C1. The van der Waals surface area contributed by atoms with Crippen LogP contribution in [0.1, 0.15) is 30.4 Å². The molecule has 124 valence electrons. The average molecular weight is 323 g/mol. The standard InChI is InChI=1S/C20H21NO3/c1-20(19(23)24)12-13-21(14-20)18(22)17(15-8-4-2-5-9-15)16-10-6-3-7-11-16/h2-11,17H,12-14H2,1H3,(H,23,24)/t20-/m1/s1. The molecule has 0 aromatic heterocycles. The largest absolute Gasteiger partial charge is 0.481 e. The van der Waals surface area contributed by atoms with Gasteiger partial charge in [0, 0.05) is 13.1 Å². The molecule has 4 heteroatoms. The predicted octanol–water partition coefficient (Wildman–Crippen LogP) is 3.14. The molecule has 1 amide bonds. The van der Waals surface area contributed by atoms with E-state index in [0.29, 0.717) is 13.0 Å². The van der Waals surface area contributed by atoms with Crippen LogP contribution in [0.5, 0.6) is 0 Å². The Hall–Kier alpha value is -2.62. The van der Waals surface area contributed by atoms with E-state index in [1.807, 2.05) is 60.7 Å². The monoisotopic (exact) mass is 323 g/mol. The molecular formula is C20H21NO3. The van der Waals surface area contributed by atoms with Gasteiger partial charge in [-0.2, -0.15) is 0 Å². The average Bonchev–Trinajstić information content (AvgIpc) is 3.01. The van der Waals surface area contributed by atoms with Crippen LogP contribution < -0.4 is 0 Å². The lowest BCUT2D eigenvalue weighted by Crippen LogP contribution is -2.37. The third-order valence-corrected chi connectivity index (χ3v) is 4.81. The number of carboxylic acids is 1. The van der Waals surface area contributed by atoms with Gasteiger partial charge in [-0.25, -0.2) is 0 Å². The van der Waals surface area contributed by atoms with E-state index in [2.05, 4.69) is 0 Å². The molecule has 4 nitrogen and oxygen atoms in total. The number of hydrogen-bond donors (Lipinski definition) is 1. The lowest BCUT2D eigenvalue weighted by atomic mass is 9.89. The third kappa shape index (κ3) is 3.04. The Balaban J connectivity index is 1.92. The number of aliphatic carboxylic acids is 1. The summed E-state index contributed by atoms with van der Waals surface area (Å²) in [5.74, 6) is -1.27. The van der Waals surface area contributed by atoms with E-state index in [1.165, 1.54) is 0 Å². The molecule has 1 aliphatic heterocycles. The van der Waals surface area contributed by atoms with Gasteiger partial charge in [-0.15, -0.1) is 0 Å². The molecule has 24 heavy (non-hydrogen) atoms. The zero-order chi connectivity index (χ0) is 17.2. The van der Waals surface area contributed by atoms with Gasteiger partial charge in [-0.1, -0.05) is 60.7 Å². The van der Waals surface area contributed by atoms with Crippen molar-refractivity contribution < 1.29 is 14.7 Å². The van der Waals surface area contributed by atoms with Crippen LogP contribution >= 0.6 is 0 Å². The number of amides is 1. The molecule has 1 aliphatic rings. The van der Waals surface area contributed by atoms with Crippen molar-refractivity contribution in [1.82, 2.24) is 4.90 Å². The second kappa shape index (κ2) is 6.48. The fourth-order valence-corrected chi connectivity index (χ4v) is 3.27. The smallest absolute Gasteiger partial charge is 0.311 e. The fraction of sp³-hybridized carbons (Fsp3) is 0.300. The zero-order valence-electron chi connectivity index (χ0n) is 13.7. The summed E-state index contributed by atoms with van der Waals surface area (Å²) < 4.78 is 0. The van der Waals surface area contributed by atoms with Crippen LogP contribution in [-0.4, -0.2) is 35.0 Å². The third-order valence-electron chi connectivity index (χ3n) is 4.81. The van der Waals surface area contributed by atoms with Gasteiger partial charge in [0.2, 0.25) is 5.91 Å². The number of nitrogens with zero attached hydrogens (tertiary/aromatic N) is 1. The minimum Gasteiger partial charge on any atom is -0.481 e. The van der Waals surface area contributed by atoms with E-state index in [4.69, 9.17) is 0 Å². The van der Waals surface area contributed by atoms with E-state index in [0.717, 1.165) is 11.1 Å². The minimum atomic E-state index is -0.854. The second-order valence-electron chi connectivity index (χ2n) is 6.63. The fourth-order valence-electron chi connectivity index (χ4n) is 3.27. The molecule has 3 rings (SSSR count). The van der Waals surface area contributed by atoms with E-state index in [9.17, 15) is 14.7 Å². The van der Waals surface area contributed by atoms with E-state index < -0.39 is 17.3 Å². The summed E-state index contributed by atoms with van der Waals surface area (Å²) in [5.41, 5.74) is 1.00. The molecule has 0 saturated carbocycles. The molecular weight excluding hydrogens is 302 g/mol.